The highest BCUT2D eigenvalue weighted by Gasteiger charge is 2.11. The van der Waals surface area contributed by atoms with Crippen molar-refractivity contribution in [2.75, 3.05) is 12.4 Å². The van der Waals surface area contributed by atoms with Gasteiger partial charge in [-0.2, -0.15) is 0 Å². The zero-order chi connectivity index (χ0) is 14.1. The summed E-state index contributed by atoms with van der Waals surface area (Å²) in [5.74, 6) is 1.57. The van der Waals surface area contributed by atoms with Gasteiger partial charge in [-0.05, 0) is 26.0 Å². The van der Waals surface area contributed by atoms with Crippen LogP contribution in [-0.2, 0) is 0 Å². The number of anilines is 1. The number of hydrogen-bond donors (Lipinski definition) is 1. The SMILES string of the molecule is CNc1nc(-c2cccc3cccnc23)nc(C)c1C. The number of nitrogens with zero attached hydrogens (tertiary/aromatic N) is 3. The average Bonchev–Trinajstić information content (AvgIpc) is 2.49. The first kappa shape index (κ1) is 12.5. The topological polar surface area (TPSA) is 50.7 Å². The first-order valence-corrected chi connectivity index (χ1v) is 6.58. The Kier molecular flexibility index (Phi) is 3.06. The van der Waals surface area contributed by atoms with E-state index in [1.807, 2.05) is 51.2 Å². The lowest BCUT2D eigenvalue weighted by Gasteiger charge is -2.10. The van der Waals surface area contributed by atoms with E-state index in [1.165, 1.54) is 0 Å². The molecule has 4 heteroatoms. The van der Waals surface area contributed by atoms with Gasteiger partial charge in [0.1, 0.15) is 5.82 Å². The Morgan fingerprint density at radius 1 is 1.00 bits per heavy atom. The Morgan fingerprint density at radius 3 is 2.60 bits per heavy atom. The first-order valence-electron chi connectivity index (χ1n) is 6.58. The third kappa shape index (κ3) is 1.99. The summed E-state index contributed by atoms with van der Waals surface area (Å²) in [6.07, 6.45) is 1.80. The number of benzene rings is 1. The molecular weight excluding hydrogens is 248 g/mol. The van der Waals surface area contributed by atoms with E-state index in [0.717, 1.165) is 33.5 Å². The Labute approximate surface area is 117 Å². The van der Waals surface area contributed by atoms with Crippen molar-refractivity contribution in [3.63, 3.8) is 0 Å². The van der Waals surface area contributed by atoms with Crippen LogP contribution in [0.1, 0.15) is 11.3 Å². The molecule has 2 heterocycles. The van der Waals surface area contributed by atoms with Crippen LogP contribution in [0.15, 0.2) is 36.5 Å². The van der Waals surface area contributed by atoms with Gasteiger partial charge in [-0.1, -0.05) is 18.2 Å². The second-order valence-corrected chi connectivity index (χ2v) is 4.74. The Morgan fingerprint density at radius 2 is 1.80 bits per heavy atom. The van der Waals surface area contributed by atoms with Crippen LogP contribution < -0.4 is 5.32 Å². The molecule has 0 aliphatic heterocycles. The molecule has 3 rings (SSSR count). The summed E-state index contributed by atoms with van der Waals surface area (Å²) in [6.45, 7) is 4.02. The molecule has 0 bridgehead atoms. The quantitative estimate of drug-likeness (QED) is 0.771. The normalized spacial score (nSPS) is 10.8. The van der Waals surface area contributed by atoms with E-state index in [2.05, 4.69) is 20.3 Å². The molecule has 1 N–H and O–H groups in total. The molecule has 0 spiro atoms. The summed E-state index contributed by atoms with van der Waals surface area (Å²) in [4.78, 5) is 13.7. The highest BCUT2D eigenvalue weighted by atomic mass is 15.0. The van der Waals surface area contributed by atoms with Gasteiger partial charge in [-0.3, -0.25) is 4.98 Å². The van der Waals surface area contributed by atoms with Crippen molar-refractivity contribution in [2.45, 2.75) is 13.8 Å². The molecular formula is C16H16N4. The van der Waals surface area contributed by atoms with E-state index in [0.29, 0.717) is 5.82 Å². The van der Waals surface area contributed by atoms with Crippen LogP contribution in [0, 0.1) is 13.8 Å². The maximum Gasteiger partial charge on any atom is 0.163 e. The highest BCUT2D eigenvalue weighted by Crippen LogP contribution is 2.26. The lowest BCUT2D eigenvalue weighted by Crippen LogP contribution is -2.03. The van der Waals surface area contributed by atoms with Crippen LogP contribution in [0.3, 0.4) is 0 Å². The molecule has 0 aliphatic carbocycles. The van der Waals surface area contributed by atoms with E-state index in [4.69, 9.17) is 0 Å². The molecule has 0 saturated heterocycles. The van der Waals surface area contributed by atoms with Crippen molar-refractivity contribution < 1.29 is 0 Å². The van der Waals surface area contributed by atoms with Gasteiger partial charge in [-0.25, -0.2) is 9.97 Å². The molecule has 0 amide bonds. The Bertz CT molecular complexity index is 775. The number of aromatic nitrogens is 3. The minimum absolute atomic E-state index is 0.710. The zero-order valence-electron chi connectivity index (χ0n) is 11.8. The predicted molar refractivity (Wildman–Crippen MR) is 81.8 cm³/mol. The molecule has 4 nitrogen and oxygen atoms in total. The third-order valence-electron chi connectivity index (χ3n) is 3.50. The molecule has 0 radical (unpaired) electrons. The van der Waals surface area contributed by atoms with Crippen LogP contribution in [-0.4, -0.2) is 22.0 Å². The van der Waals surface area contributed by atoms with Gasteiger partial charge >= 0.3 is 0 Å². The summed E-state index contributed by atoms with van der Waals surface area (Å²) >= 11 is 0. The van der Waals surface area contributed by atoms with Gasteiger partial charge in [-0.15, -0.1) is 0 Å². The van der Waals surface area contributed by atoms with E-state index >= 15 is 0 Å². The minimum atomic E-state index is 0.710. The number of fused-ring (bicyclic) bond motifs is 1. The standard InChI is InChI=1S/C16H16N4/c1-10-11(2)19-16(20-15(10)17-3)13-8-4-6-12-7-5-9-18-14(12)13/h4-9H,1-3H3,(H,17,19,20). The highest BCUT2D eigenvalue weighted by molar-refractivity contribution is 5.91. The summed E-state index contributed by atoms with van der Waals surface area (Å²) in [7, 11) is 1.87. The summed E-state index contributed by atoms with van der Waals surface area (Å²) in [6, 6.07) is 10.1. The molecule has 0 saturated carbocycles. The van der Waals surface area contributed by atoms with Gasteiger partial charge < -0.3 is 5.32 Å². The molecule has 0 unspecified atom stereocenters. The second-order valence-electron chi connectivity index (χ2n) is 4.74. The van der Waals surface area contributed by atoms with Crippen molar-refractivity contribution in [1.29, 1.82) is 0 Å². The monoisotopic (exact) mass is 264 g/mol. The largest absolute Gasteiger partial charge is 0.373 e. The number of pyridine rings is 1. The minimum Gasteiger partial charge on any atom is -0.373 e. The fraction of sp³-hybridized carbons (Fsp3) is 0.188. The van der Waals surface area contributed by atoms with E-state index in [1.54, 1.807) is 6.20 Å². The Balaban J connectivity index is 2.28. The van der Waals surface area contributed by atoms with Gasteiger partial charge in [0.15, 0.2) is 5.82 Å². The number of hydrogen-bond acceptors (Lipinski definition) is 4. The number of aryl methyl sites for hydroxylation is 1. The second kappa shape index (κ2) is 4.89. The van der Waals surface area contributed by atoms with Crippen LogP contribution in [0.5, 0.6) is 0 Å². The number of para-hydroxylation sites is 1. The van der Waals surface area contributed by atoms with E-state index < -0.39 is 0 Å². The maximum atomic E-state index is 4.61. The number of nitrogens with one attached hydrogen (secondary N) is 1. The van der Waals surface area contributed by atoms with Crippen LogP contribution in [0.2, 0.25) is 0 Å². The van der Waals surface area contributed by atoms with Crippen LogP contribution in [0.25, 0.3) is 22.3 Å². The summed E-state index contributed by atoms with van der Waals surface area (Å²) in [5.41, 5.74) is 3.94. The van der Waals surface area contributed by atoms with Crippen molar-refractivity contribution in [3.8, 4) is 11.4 Å². The summed E-state index contributed by atoms with van der Waals surface area (Å²) < 4.78 is 0. The molecule has 0 aliphatic rings. The summed E-state index contributed by atoms with van der Waals surface area (Å²) in [5, 5.41) is 4.22. The fourth-order valence-corrected chi connectivity index (χ4v) is 2.28. The van der Waals surface area contributed by atoms with Crippen molar-refractivity contribution in [3.05, 3.63) is 47.8 Å². The van der Waals surface area contributed by atoms with Crippen LogP contribution >= 0.6 is 0 Å². The smallest absolute Gasteiger partial charge is 0.163 e. The average molecular weight is 264 g/mol. The van der Waals surface area contributed by atoms with Gasteiger partial charge in [0.25, 0.3) is 0 Å². The Hall–Kier alpha value is -2.49. The molecule has 20 heavy (non-hydrogen) atoms. The van der Waals surface area contributed by atoms with Crippen molar-refractivity contribution in [1.82, 2.24) is 15.0 Å². The van der Waals surface area contributed by atoms with Crippen molar-refractivity contribution in [2.24, 2.45) is 0 Å². The molecule has 100 valence electrons. The molecule has 2 aromatic heterocycles. The fourth-order valence-electron chi connectivity index (χ4n) is 2.28. The van der Waals surface area contributed by atoms with E-state index in [-0.39, 0.29) is 0 Å². The number of rotatable bonds is 2. The van der Waals surface area contributed by atoms with E-state index in [9.17, 15) is 0 Å². The van der Waals surface area contributed by atoms with Gasteiger partial charge in [0.05, 0.1) is 5.52 Å². The lowest BCUT2D eigenvalue weighted by molar-refractivity contribution is 1.07. The first-order chi connectivity index (χ1) is 9.70. The van der Waals surface area contributed by atoms with Gasteiger partial charge in [0, 0.05) is 35.5 Å². The lowest BCUT2D eigenvalue weighted by atomic mass is 10.1. The predicted octanol–water partition coefficient (Wildman–Crippen LogP) is 3.35. The third-order valence-corrected chi connectivity index (χ3v) is 3.50. The van der Waals surface area contributed by atoms with Crippen LogP contribution in [0.4, 0.5) is 5.82 Å². The molecule has 0 fully saturated rings. The zero-order valence-corrected chi connectivity index (χ0v) is 11.8. The van der Waals surface area contributed by atoms with Crippen molar-refractivity contribution >= 4 is 16.7 Å². The molecule has 1 aromatic carbocycles. The maximum absolute atomic E-state index is 4.61. The van der Waals surface area contributed by atoms with Gasteiger partial charge in [0.2, 0.25) is 0 Å². The molecule has 0 atom stereocenters. The molecule has 3 aromatic rings.